The van der Waals surface area contributed by atoms with Crippen LogP contribution in [0.5, 0.6) is 0 Å². The zero-order valence-electron chi connectivity index (χ0n) is 13.7. The van der Waals surface area contributed by atoms with Crippen LogP contribution in [0.3, 0.4) is 0 Å². The fourth-order valence-corrected chi connectivity index (χ4v) is 2.36. The molecule has 0 aliphatic heterocycles. The quantitative estimate of drug-likeness (QED) is 0.728. The van der Waals surface area contributed by atoms with Crippen molar-refractivity contribution in [2.75, 3.05) is 12.4 Å². The number of benzene rings is 2. The number of carbonyl (C=O) groups excluding carboxylic acids is 2. The van der Waals surface area contributed by atoms with Crippen molar-refractivity contribution in [2.45, 2.75) is 6.54 Å². The highest BCUT2D eigenvalue weighted by Crippen LogP contribution is 2.13. The Balaban J connectivity index is 1.63. The standard InChI is InChI=1S/C19H17N3O3/c1-25-19(24)16-6-8-17(9-7-16)21-18(23)15-4-2-14(3-5-15)12-22-11-10-20-13-22/h2-11,13H,12H2,1H3,(H,21,23). The molecule has 1 aromatic heterocycles. The van der Waals surface area contributed by atoms with Crippen molar-refractivity contribution >= 4 is 17.6 Å². The molecule has 6 heteroatoms. The molecule has 2 aromatic carbocycles. The van der Waals surface area contributed by atoms with Gasteiger partial charge in [-0.25, -0.2) is 9.78 Å². The van der Waals surface area contributed by atoms with Gasteiger partial charge in [0.05, 0.1) is 19.0 Å². The maximum absolute atomic E-state index is 12.3. The Labute approximate surface area is 145 Å². The minimum Gasteiger partial charge on any atom is -0.465 e. The van der Waals surface area contributed by atoms with Crippen LogP contribution < -0.4 is 5.32 Å². The molecule has 0 bridgehead atoms. The number of anilines is 1. The second kappa shape index (κ2) is 7.44. The average molecular weight is 335 g/mol. The molecule has 3 aromatic rings. The fraction of sp³-hybridized carbons (Fsp3) is 0.105. The van der Waals surface area contributed by atoms with Gasteiger partial charge in [-0.1, -0.05) is 12.1 Å². The summed E-state index contributed by atoms with van der Waals surface area (Å²) in [5.74, 6) is -0.619. The number of hydrogen-bond acceptors (Lipinski definition) is 4. The highest BCUT2D eigenvalue weighted by atomic mass is 16.5. The van der Waals surface area contributed by atoms with E-state index in [0.29, 0.717) is 23.4 Å². The van der Waals surface area contributed by atoms with Crippen LogP contribution >= 0.6 is 0 Å². The number of amides is 1. The summed E-state index contributed by atoms with van der Waals surface area (Å²) in [6.07, 6.45) is 5.37. The van der Waals surface area contributed by atoms with Crippen LogP contribution in [0.25, 0.3) is 0 Å². The van der Waals surface area contributed by atoms with Crippen molar-refractivity contribution < 1.29 is 14.3 Å². The van der Waals surface area contributed by atoms with Crippen molar-refractivity contribution in [3.8, 4) is 0 Å². The summed E-state index contributed by atoms with van der Waals surface area (Å²) in [7, 11) is 1.33. The number of nitrogens with zero attached hydrogens (tertiary/aromatic N) is 2. The van der Waals surface area contributed by atoms with Gasteiger partial charge in [-0.15, -0.1) is 0 Å². The number of hydrogen-bond donors (Lipinski definition) is 1. The lowest BCUT2D eigenvalue weighted by Gasteiger charge is -2.07. The first-order valence-corrected chi connectivity index (χ1v) is 7.70. The number of rotatable bonds is 5. The number of carbonyl (C=O) groups is 2. The molecule has 1 N–H and O–H groups in total. The molecule has 0 saturated heterocycles. The van der Waals surface area contributed by atoms with Gasteiger partial charge in [-0.05, 0) is 42.0 Å². The third kappa shape index (κ3) is 4.11. The molecule has 0 radical (unpaired) electrons. The van der Waals surface area contributed by atoms with Gasteiger partial charge in [0, 0.05) is 30.2 Å². The van der Waals surface area contributed by atoms with Crippen molar-refractivity contribution in [1.82, 2.24) is 9.55 Å². The molecule has 0 fully saturated rings. The van der Waals surface area contributed by atoms with Crippen LogP contribution in [0, 0.1) is 0 Å². The summed E-state index contributed by atoms with van der Waals surface area (Å²) >= 11 is 0. The molecule has 0 spiro atoms. The average Bonchev–Trinajstić information content (AvgIpc) is 3.15. The van der Waals surface area contributed by atoms with E-state index in [2.05, 4.69) is 15.0 Å². The summed E-state index contributed by atoms with van der Waals surface area (Å²) in [4.78, 5) is 27.7. The molecule has 3 rings (SSSR count). The highest BCUT2D eigenvalue weighted by molar-refractivity contribution is 6.04. The minimum atomic E-state index is -0.411. The van der Waals surface area contributed by atoms with E-state index in [4.69, 9.17) is 0 Å². The van der Waals surface area contributed by atoms with E-state index in [1.165, 1.54) is 7.11 Å². The van der Waals surface area contributed by atoms with Crippen molar-refractivity contribution in [1.29, 1.82) is 0 Å². The van der Waals surface area contributed by atoms with Gasteiger partial charge in [0.15, 0.2) is 0 Å². The lowest BCUT2D eigenvalue weighted by molar-refractivity contribution is 0.0600. The Morgan fingerprint density at radius 3 is 2.32 bits per heavy atom. The van der Waals surface area contributed by atoms with E-state index in [-0.39, 0.29) is 5.91 Å². The molecular weight excluding hydrogens is 318 g/mol. The van der Waals surface area contributed by atoms with E-state index in [1.807, 2.05) is 22.9 Å². The summed E-state index contributed by atoms with van der Waals surface area (Å²) in [6, 6.07) is 13.9. The summed E-state index contributed by atoms with van der Waals surface area (Å²) in [5, 5.41) is 2.80. The zero-order valence-corrected chi connectivity index (χ0v) is 13.7. The largest absolute Gasteiger partial charge is 0.465 e. The molecule has 0 aliphatic carbocycles. The predicted molar refractivity (Wildman–Crippen MR) is 93.5 cm³/mol. The topological polar surface area (TPSA) is 73.2 Å². The normalized spacial score (nSPS) is 10.3. The van der Waals surface area contributed by atoms with E-state index < -0.39 is 5.97 Å². The molecule has 0 saturated carbocycles. The molecule has 1 amide bonds. The second-order valence-electron chi connectivity index (χ2n) is 5.45. The maximum atomic E-state index is 12.3. The van der Waals surface area contributed by atoms with Gasteiger partial charge >= 0.3 is 5.97 Å². The molecule has 0 unspecified atom stereocenters. The van der Waals surface area contributed by atoms with Crippen LogP contribution in [-0.4, -0.2) is 28.5 Å². The van der Waals surface area contributed by atoms with Gasteiger partial charge in [-0.2, -0.15) is 0 Å². The van der Waals surface area contributed by atoms with Gasteiger partial charge in [0.2, 0.25) is 0 Å². The Kier molecular flexibility index (Phi) is 4.89. The SMILES string of the molecule is COC(=O)c1ccc(NC(=O)c2ccc(Cn3ccnc3)cc2)cc1. The van der Waals surface area contributed by atoms with Gasteiger partial charge in [-0.3, -0.25) is 4.79 Å². The van der Waals surface area contributed by atoms with E-state index >= 15 is 0 Å². The third-order valence-electron chi connectivity index (χ3n) is 3.70. The zero-order chi connectivity index (χ0) is 17.6. The summed E-state index contributed by atoms with van der Waals surface area (Å²) in [6.45, 7) is 0.705. The van der Waals surface area contributed by atoms with Crippen LogP contribution in [0.2, 0.25) is 0 Å². The van der Waals surface area contributed by atoms with Gasteiger partial charge < -0.3 is 14.6 Å². The molecule has 126 valence electrons. The van der Waals surface area contributed by atoms with Crippen LogP contribution in [-0.2, 0) is 11.3 Å². The Bertz CT molecular complexity index is 854. The maximum Gasteiger partial charge on any atom is 0.337 e. The van der Waals surface area contributed by atoms with E-state index in [9.17, 15) is 9.59 Å². The number of nitrogens with one attached hydrogen (secondary N) is 1. The molecule has 6 nitrogen and oxygen atoms in total. The lowest BCUT2D eigenvalue weighted by atomic mass is 10.1. The van der Waals surface area contributed by atoms with Crippen LogP contribution in [0.4, 0.5) is 5.69 Å². The molecule has 0 aliphatic rings. The molecular formula is C19H17N3O3. The predicted octanol–water partition coefficient (Wildman–Crippen LogP) is 2.97. The molecule has 25 heavy (non-hydrogen) atoms. The molecule has 1 heterocycles. The first-order chi connectivity index (χ1) is 12.2. The Morgan fingerprint density at radius 2 is 1.72 bits per heavy atom. The van der Waals surface area contributed by atoms with Crippen molar-refractivity contribution in [3.63, 3.8) is 0 Å². The monoisotopic (exact) mass is 335 g/mol. The van der Waals surface area contributed by atoms with Gasteiger partial charge in [0.1, 0.15) is 0 Å². The summed E-state index contributed by atoms with van der Waals surface area (Å²) < 4.78 is 6.60. The first-order valence-electron chi connectivity index (χ1n) is 7.70. The van der Waals surface area contributed by atoms with Crippen LogP contribution in [0.15, 0.2) is 67.3 Å². The first kappa shape index (κ1) is 16.4. The highest BCUT2D eigenvalue weighted by Gasteiger charge is 2.08. The Morgan fingerprint density at radius 1 is 1.04 bits per heavy atom. The molecule has 0 atom stereocenters. The van der Waals surface area contributed by atoms with Crippen molar-refractivity contribution in [2.24, 2.45) is 0 Å². The van der Waals surface area contributed by atoms with Crippen molar-refractivity contribution in [3.05, 3.63) is 83.9 Å². The third-order valence-corrected chi connectivity index (χ3v) is 3.70. The number of ether oxygens (including phenoxy) is 1. The Hall–Kier alpha value is -3.41. The van der Waals surface area contributed by atoms with E-state index in [1.54, 1.807) is 48.9 Å². The second-order valence-corrected chi connectivity index (χ2v) is 5.45. The fourth-order valence-electron chi connectivity index (χ4n) is 2.36. The smallest absolute Gasteiger partial charge is 0.337 e. The number of methoxy groups -OCH3 is 1. The lowest BCUT2D eigenvalue weighted by Crippen LogP contribution is -2.12. The number of esters is 1. The number of aromatic nitrogens is 2. The van der Waals surface area contributed by atoms with E-state index in [0.717, 1.165) is 5.56 Å². The number of imidazole rings is 1. The summed E-state index contributed by atoms with van der Waals surface area (Å²) in [5.41, 5.74) is 2.69. The minimum absolute atomic E-state index is 0.208. The van der Waals surface area contributed by atoms with Crippen LogP contribution in [0.1, 0.15) is 26.3 Å². The van der Waals surface area contributed by atoms with Gasteiger partial charge in [0.25, 0.3) is 5.91 Å².